The van der Waals surface area contributed by atoms with Crippen molar-refractivity contribution in [2.24, 2.45) is 0 Å². The van der Waals surface area contributed by atoms with E-state index in [-0.39, 0.29) is 41.1 Å². The van der Waals surface area contributed by atoms with Crippen molar-refractivity contribution < 1.29 is 50.6 Å². The molecule has 5 rings (SSSR count). The van der Waals surface area contributed by atoms with Crippen molar-refractivity contribution in [3.63, 3.8) is 0 Å². The van der Waals surface area contributed by atoms with Gasteiger partial charge >= 0.3 is 25.8 Å². The maximum atomic E-state index is 14.9. The third kappa shape index (κ3) is 13.7. The number of rotatable bonds is 25. The highest BCUT2D eigenvalue weighted by Gasteiger charge is 2.53. The summed E-state index contributed by atoms with van der Waals surface area (Å²) in [6.45, 7) is 4.63. The van der Waals surface area contributed by atoms with Gasteiger partial charge in [-0.1, -0.05) is 95.3 Å². The number of carbonyl (C=O) groups excluding carboxylic acids is 2. The van der Waals surface area contributed by atoms with Gasteiger partial charge in [-0.3, -0.25) is 18.7 Å². The number of nitrogen functional groups attached to an aromatic ring is 1. The van der Waals surface area contributed by atoms with Gasteiger partial charge in [-0.15, -0.1) is 6.42 Å². The lowest BCUT2D eigenvalue weighted by atomic mass is 9.98. The number of anilines is 1. The number of esters is 2. The van der Waals surface area contributed by atoms with Gasteiger partial charge in [0.05, 0.1) is 12.4 Å². The molecule has 1 aliphatic heterocycles. The fraction of sp³-hybridized carbons (Fsp3) is 0.523. The molecule has 5 atom stereocenters. The molecule has 2 aromatic heterocycles. The molecule has 1 saturated heterocycles. The molecule has 0 aliphatic carbocycles. The van der Waals surface area contributed by atoms with Crippen molar-refractivity contribution in [3.8, 4) is 18.1 Å². The molecule has 2 aromatic carbocycles. The lowest BCUT2D eigenvalue weighted by Crippen LogP contribution is -2.46. The van der Waals surface area contributed by atoms with E-state index in [0.717, 1.165) is 37.8 Å². The number of para-hydroxylation sites is 1. The zero-order chi connectivity index (χ0) is 44.7. The van der Waals surface area contributed by atoms with Crippen LogP contribution >= 0.6 is 7.75 Å². The van der Waals surface area contributed by atoms with Crippen LogP contribution in [0.5, 0.6) is 5.75 Å². The molecule has 0 amide bonds. The average Bonchev–Trinajstić information content (AvgIpc) is 3.80. The highest BCUT2D eigenvalue weighted by molar-refractivity contribution is 7.52. The van der Waals surface area contributed by atoms with Crippen LogP contribution in [0.3, 0.4) is 0 Å². The standard InChI is InChI=1S/C44H56F3N6O8P/c1-5-7-8-9-10-11-12-13-14-15-19-22-38(54)59-36-27-37(53-29-49-39-40(48)50-43(47)51-41(39)53)60-44(36,6-2)28-57-62(56,61-34-20-17-16-18-21-34)52-35(42(55)58-30(3)4)25-31-23-32(45)26-33(46)24-31/h2,16-18,20-21,23-24,26,29-30,35-37H,5,7-15,19,22,25,27-28H2,1,3-4H3,(H,52,56)(H2,48,50,51)/t35?,36-,37+,44+,62-/m0/s1. The average molecular weight is 885 g/mol. The molecule has 4 aromatic rings. The summed E-state index contributed by atoms with van der Waals surface area (Å²) in [6.07, 6.45) is 15.0. The van der Waals surface area contributed by atoms with Crippen LogP contribution in [0.15, 0.2) is 54.9 Å². The summed E-state index contributed by atoms with van der Waals surface area (Å²) >= 11 is 0. The fourth-order valence-corrected chi connectivity index (χ4v) is 8.68. The quantitative estimate of drug-likeness (QED) is 0.0212. The van der Waals surface area contributed by atoms with Crippen LogP contribution in [0.2, 0.25) is 0 Å². The van der Waals surface area contributed by atoms with E-state index in [2.05, 4.69) is 32.9 Å². The number of ether oxygens (including phenoxy) is 3. The van der Waals surface area contributed by atoms with Crippen molar-refractivity contribution in [2.45, 2.75) is 141 Å². The first-order valence-corrected chi connectivity index (χ1v) is 22.7. The first kappa shape index (κ1) is 48.0. The zero-order valence-electron chi connectivity index (χ0n) is 35.4. The number of fused-ring (bicyclic) bond motifs is 1. The number of terminal acetylenes is 1. The monoisotopic (exact) mass is 884 g/mol. The maximum absolute atomic E-state index is 14.9. The number of imidazole rings is 1. The van der Waals surface area contributed by atoms with Crippen LogP contribution in [0.4, 0.5) is 19.0 Å². The van der Waals surface area contributed by atoms with Gasteiger partial charge in [-0.2, -0.15) is 19.4 Å². The van der Waals surface area contributed by atoms with E-state index >= 15 is 0 Å². The molecule has 14 nitrogen and oxygen atoms in total. The third-order valence-electron chi connectivity index (χ3n) is 10.2. The summed E-state index contributed by atoms with van der Waals surface area (Å²) in [6, 6.07) is 9.03. The number of nitrogens with one attached hydrogen (secondary N) is 1. The Morgan fingerprint density at radius 2 is 1.65 bits per heavy atom. The van der Waals surface area contributed by atoms with Gasteiger partial charge in [0.2, 0.25) is 0 Å². The van der Waals surface area contributed by atoms with E-state index in [9.17, 15) is 27.3 Å². The molecule has 18 heteroatoms. The van der Waals surface area contributed by atoms with Crippen molar-refractivity contribution >= 4 is 36.7 Å². The Labute approximate surface area is 360 Å². The van der Waals surface area contributed by atoms with E-state index in [0.29, 0.717) is 12.5 Å². The van der Waals surface area contributed by atoms with E-state index < -0.39 is 80.5 Å². The van der Waals surface area contributed by atoms with Crippen molar-refractivity contribution in [1.82, 2.24) is 24.6 Å². The number of unbranched alkanes of at least 4 members (excludes halogenated alkanes) is 10. The molecule has 3 heterocycles. The maximum Gasteiger partial charge on any atom is 0.459 e. The Morgan fingerprint density at radius 1 is 1.00 bits per heavy atom. The Hall–Kier alpha value is -5.01. The number of nitrogens with two attached hydrogens (primary N) is 1. The van der Waals surface area contributed by atoms with Gasteiger partial charge in [0.15, 0.2) is 22.6 Å². The largest absolute Gasteiger partial charge is 0.462 e. The van der Waals surface area contributed by atoms with E-state index in [1.54, 1.807) is 32.0 Å². The Bertz CT molecular complexity index is 2170. The molecule has 3 N–H and O–H groups in total. The molecule has 336 valence electrons. The molecule has 0 saturated carbocycles. The topological polar surface area (TPSA) is 179 Å². The Morgan fingerprint density at radius 3 is 2.27 bits per heavy atom. The lowest BCUT2D eigenvalue weighted by Gasteiger charge is -2.31. The van der Waals surface area contributed by atoms with Gasteiger partial charge in [0.25, 0.3) is 0 Å². The predicted octanol–water partition coefficient (Wildman–Crippen LogP) is 9.09. The summed E-state index contributed by atoms with van der Waals surface area (Å²) in [5.41, 5.74) is 4.03. The van der Waals surface area contributed by atoms with Gasteiger partial charge in [-0.05, 0) is 56.5 Å². The Balaban J connectivity index is 1.38. The van der Waals surface area contributed by atoms with Crippen LogP contribution < -0.4 is 15.3 Å². The highest BCUT2D eigenvalue weighted by Crippen LogP contribution is 2.49. The summed E-state index contributed by atoms with van der Waals surface area (Å²) in [5, 5.41) is 2.60. The van der Waals surface area contributed by atoms with Crippen LogP contribution in [0.25, 0.3) is 11.2 Å². The van der Waals surface area contributed by atoms with Gasteiger partial charge in [0.1, 0.15) is 42.4 Å². The number of carbonyl (C=O) groups is 2. The fourth-order valence-electron chi connectivity index (χ4n) is 7.16. The van der Waals surface area contributed by atoms with E-state index in [1.807, 2.05) is 0 Å². The number of aromatic nitrogens is 4. The molecule has 0 bridgehead atoms. The second-order valence-electron chi connectivity index (χ2n) is 15.6. The third-order valence-corrected chi connectivity index (χ3v) is 11.8. The first-order valence-electron chi connectivity index (χ1n) is 21.2. The van der Waals surface area contributed by atoms with Crippen LogP contribution in [-0.2, 0) is 39.3 Å². The summed E-state index contributed by atoms with van der Waals surface area (Å²) in [7, 11) is -4.76. The van der Waals surface area contributed by atoms with Crippen molar-refractivity contribution in [2.75, 3.05) is 12.3 Å². The zero-order valence-corrected chi connectivity index (χ0v) is 36.3. The SMILES string of the molecule is C#C[C@]1(CO[P@@](=O)(NC(Cc2cc(F)cc(F)c2)C(=O)OC(C)C)Oc2ccccc2)O[C@@H](n2cnc3c(N)nc(F)nc32)C[C@@H]1OC(=O)CCCCCCCCCCCCC. The first-order chi connectivity index (χ1) is 29.7. The smallest absolute Gasteiger partial charge is 0.459 e. The van der Waals surface area contributed by atoms with E-state index in [4.69, 9.17) is 35.4 Å². The highest BCUT2D eigenvalue weighted by atomic mass is 31.2. The van der Waals surface area contributed by atoms with Crippen LogP contribution in [0, 0.1) is 30.1 Å². The molecular weight excluding hydrogens is 828 g/mol. The molecule has 1 unspecified atom stereocenters. The van der Waals surface area contributed by atoms with Gasteiger partial charge in [-0.25, -0.2) is 18.3 Å². The van der Waals surface area contributed by atoms with Crippen molar-refractivity contribution in [3.05, 3.63) is 78.1 Å². The summed E-state index contributed by atoms with van der Waals surface area (Å²) < 4.78 is 89.0. The summed E-state index contributed by atoms with van der Waals surface area (Å²) in [4.78, 5) is 38.5. The summed E-state index contributed by atoms with van der Waals surface area (Å²) in [5.74, 6) is -0.926. The number of benzene rings is 2. The number of halogens is 3. The van der Waals surface area contributed by atoms with Crippen LogP contribution in [-0.4, -0.2) is 61.9 Å². The van der Waals surface area contributed by atoms with Gasteiger partial charge < -0.3 is 24.5 Å². The molecule has 62 heavy (non-hydrogen) atoms. The molecular formula is C44H56F3N6O8P. The Kier molecular flexibility index (Phi) is 17.7. The van der Waals surface area contributed by atoms with Crippen LogP contribution in [0.1, 0.15) is 116 Å². The predicted molar refractivity (Wildman–Crippen MR) is 226 cm³/mol. The molecule has 1 aliphatic rings. The number of hydrogen-bond acceptors (Lipinski definition) is 12. The second-order valence-corrected chi connectivity index (χ2v) is 17.3. The minimum Gasteiger partial charge on any atom is -0.462 e. The lowest BCUT2D eigenvalue weighted by molar-refractivity contribution is -0.158. The molecule has 0 radical (unpaired) electrons. The van der Waals surface area contributed by atoms with E-state index in [1.165, 1.54) is 61.6 Å². The molecule has 1 fully saturated rings. The number of hydrogen-bond donors (Lipinski definition) is 2. The minimum absolute atomic E-state index is 0.0279. The van der Waals surface area contributed by atoms with Crippen molar-refractivity contribution in [1.29, 1.82) is 0 Å². The minimum atomic E-state index is -4.76. The number of nitrogens with zero attached hydrogens (tertiary/aromatic N) is 4. The molecule has 0 spiro atoms. The second kappa shape index (κ2) is 22.9. The van der Waals surface area contributed by atoms with Gasteiger partial charge in [0, 0.05) is 18.9 Å². The normalized spacial score (nSPS) is 18.9.